The van der Waals surface area contributed by atoms with Gasteiger partial charge < -0.3 is 10.6 Å². The van der Waals surface area contributed by atoms with Crippen LogP contribution in [-0.4, -0.2) is 44.4 Å². The first-order chi connectivity index (χ1) is 11.4. The van der Waals surface area contributed by atoms with Gasteiger partial charge in [-0.1, -0.05) is 18.2 Å². The summed E-state index contributed by atoms with van der Waals surface area (Å²) in [7, 11) is -3.38. The lowest BCUT2D eigenvalue weighted by atomic mass is 9.95. The van der Waals surface area contributed by atoms with Crippen molar-refractivity contribution in [2.45, 2.75) is 44.0 Å². The summed E-state index contributed by atoms with van der Waals surface area (Å²) in [5.74, 6) is 0.451. The number of hydrogen-bond acceptors (Lipinski definition) is 3. The van der Waals surface area contributed by atoms with Gasteiger partial charge in [-0.3, -0.25) is 0 Å². The summed E-state index contributed by atoms with van der Waals surface area (Å²) in [6, 6.07) is 8.55. The molecule has 2 amide bonds. The van der Waals surface area contributed by atoms with Crippen LogP contribution in [0.2, 0.25) is 0 Å². The van der Waals surface area contributed by atoms with Crippen molar-refractivity contribution in [3.05, 3.63) is 30.3 Å². The Kier molecular flexibility index (Phi) is 6.62. The number of nitrogens with one attached hydrogen (secondary N) is 2. The molecule has 1 aliphatic heterocycles. The van der Waals surface area contributed by atoms with Crippen LogP contribution in [0.15, 0.2) is 35.2 Å². The number of rotatable bonds is 6. The van der Waals surface area contributed by atoms with E-state index >= 15 is 0 Å². The van der Waals surface area contributed by atoms with Crippen molar-refractivity contribution in [2.24, 2.45) is 5.92 Å². The number of amides is 2. The highest BCUT2D eigenvalue weighted by molar-refractivity contribution is 7.89. The summed E-state index contributed by atoms with van der Waals surface area (Å²) in [6.45, 7) is 5.54. The van der Waals surface area contributed by atoms with Crippen LogP contribution in [-0.2, 0) is 10.0 Å². The lowest BCUT2D eigenvalue weighted by Crippen LogP contribution is -2.41. The summed E-state index contributed by atoms with van der Waals surface area (Å²) in [4.78, 5) is 11.9. The van der Waals surface area contributed by atoms with Gasteiger partial charge in [-0.05, 0) is 51.2 Å². The Bertz CT molecular complexity index is 624. The Labute approximate surface area is 144 Å². The van der Waals surface area contributed by atoms with E-state index in [0.29, 0.717) is 30.4 Å². The Morgan fingerprint density at radius 3 is 2.42 bits per heavy atom. The van der Waals surface area contributed by atoms with Crippen molar-refractivity contribution in [3.8, 4) is 0 Å². The molecule has 1 saturated heterocycles. The molecule has 0 aliphatic carbocycles. The molecular weight excluding hydrogens is 326 g/mol. The van der Waals surface area contributed by atoms with Crippen LogP contribution in [0.3, 0.4) is 0 Å². The minimum atomic E-state index is -3.38. The molecule has 0 unspecified atom stereocenters. The fraction of sp³-hybridized carbons (Fsp3) is 0.588. The zero-order chi connectivity index (χ0) is 17.6. The number of nitrogens with zero attached hydrogens (tertiary/aromatic N) is 1. The molecular formula is C17H27N3O3S. The molecule has 1 heterocycles. The first-order valence-electron chi connectivity index (χ1n) is 8.49. The highest BCUT2D eigenvalue weighted by atomic mass is 32.2. The third-order valence-electron chi connectivity index (χ3n) is 4.21. The minimum absolute atomic E-state index is 0.122. The second kappa shape index (κ2) is 8.48. The highest BCUT2D eigenvalue weighted by Gasteiger charge is 2.29. The number of hydrogen-bond donors (Lipinski definition) is 2. The maximum absolute atomic E-state index is 12.6. The summed E-state index contributed by atoms with van der Waals surface area (Å²) in [5.41, 5.74) is 0. The molecule has 0 radical (unpaired) electrons. The Balaban J connectivity index is 1.76. The maximum Gasteiger partial charge on any atom is 0.314 e. The predicted molar refractivity (Wildman–Crippen MR) is 94.2 cm³/mol. The van der Waals surface area contributed by atoms with Crippen LogP contribution < -0.4 is 10.6 Å². The monoisotopic (exact) mass is 353 g/mol. The molecule has 1 aromatic rings. The Morgan fingerprint density at radius 2 is 1.83 bits per heavy atom. The second-order valence-electron chi connectivity index (χ2n) is 6.50. The number of piperidine rings is 1. The van der Waals surface area contributed by atoms with E-state index in [9.17, 15) is 13.2 Å². The predicted octanol–water partition coefficient (Wildman–Crippen LogP) is 2.18. The van der Waals surface area contributed by atoms with Crippen molar-refractivity contribution >= 4 is 16.1 Å². The minimum Gasteiger partial charge on any atom is -0.338 e. The molecule has 1 aromatic carbocycles. The van der Waals surface area contributed by atoms with Crippen LogP contribution in [0.5, 0.6) is 0 Å². The van der Waals surface area contributed by atoms with Crippen molar-refractivity contribution in [1.82, 2.24) is 14.9 Å². The molecule has 7 heteroatoms. The van der Waals surface area contributed by atoms with Gasteiger partial charge in [0.25, 0.3) is 0 Å². The van der Waals surface area contributed by atoms with Gasteiger partial charge in [0.2, 0.25) is 10.0 Å². The first-order valence-corrected chi connectivity index (χ1v) is 9.93. The number of carbonyl (C=O) groups excluding carboxylic acids is 1. The van der Waals surface area contributed by atoms with Crippen LogP contribution in [0.25, 0.3) is 0 Å². The standard InChI is InChI=1S/C17H27N3O3S/c1-14(2)19-17(21)18-11-8-15-9-12-20(13-10-15)24(22,23)16-6-4-3-5-7-16/h3-7,14-15H,8-13H2,1-2H3,(H2,18,19,21). The summed E-state index contributed by atoms with van der Waals surface area (Å²) >= 11 is 0. The van der Waals surface area contributed by atoms with Crippen molar-refractivity contribution in [3.63, 3.8) is 0 Å². The van der Waals surface area contributed by atoms with E-state index in [1.165, 1.54) is 0 Å². The number of carbonyl (C=O) groups is 1. The molecule has 0 aromatic heterocycles. The zero-order valence-electron chi connectivity index (χ0n) is 14.4. The quantitative estimate of drug-likeness (QED) is 0.823. The van der Waals surface area contributed by atoms with Crippen LogP contribution in [0, 0.1) is 5.92 Å². The van der Waals surface area contributed by atoms with Gasteiger partial charge >= 0.3 is 6.03 Å². The van der Waals surface area contributed by atoms with Crippen molar-refractivity contribution < 1.29 is 13.2 Å². The van der Waals surface area contributed by atoms with E-state index in [-0.39, 0.29) is 12.1 Å². The van der Waals surface area contributed by atoms with Gasteiger partial charge in [0, 0.05) is 25.7 Å². The SMILES string of the molecule is CC(C)NC(=O)NCCC1CCN(S(=O)(=O)c2ccccc2)CC1. The lowest BCUT2D eigenvalue weighted by Gasteiger charge is -2.31. The van der Waals surface area contributed by atoms with Gasteiger partial charge in [-0.2, -0.15) is 4.31 Å². The molecule has 134 valence electrons. The van der Waals surface area contributed by atoms with E-state index < -0.39 is 10.0 Å². The van der Waals surface area contributed by atoms with E-state index in [1.807, 2.05) is 19.9 Å². The number of sulfonamides is 1. The second-order valence-corrected chi connectivity index (χ2v) is 8.44. The summed E-state index contributed by atoms with van der Waals surface area (Å²) in [6.07, 6.45) is 2.55. The van der Waals surface area contributed by atoms with Gasteiger partial charge in [-0.25, -0.2) is 13.2 Å². The van der Waals surface area contributed by atoms with Crippen LogP contribution in [0.1, 0.15) is 33.1 Å². The average molecular weight is 353 g/mol. The van der Waals surface area contributed by atoms with Gasteiger partial charge in [0.05, 0.1) is 4.90 Å². The van der Waals surface area contributed by atoms with E-state index in [1.54, 1.807) is 28.6 Å². The van der Waals surface area contributed by atoms with E-state index in [2.05, 4.69) is 10.6 Å². The third-order valence-corrected chi connectivity index (χ3v) is 6.13. The highest BCUT2D eigenvalue weighted by Crippen LogP contribution is 2.25. The fourth-order valence-electron chi connectivity index (χ4n) is 2.88. The Morgan fingerprint density at radius 1 is 1.21 bits per heavy atom. The average Bonchev–Trinajstić information content (AvgIpc) is 2.55. The Hall–Kier alpha value is -1.60. The van der Waals surface area contributed by atoms with Crippen molar-refractivity contribution in [1.29, 1.82) is 0 Å². The summed E-state index contributed by atoms with van der Waals surface area (Å²) in [5, 5.41) is 5.63. The smallest absolute Gasteiger partial charge is 0.314 e. The summed E-state index contributed by atoms with van der Waals surface area (Å²) < 4.78 is 26.7. The van der Waals surface area contributed by atoms with Crippen LogP contribution >= 0.6 is 0 Å². The molecule has 24 heavy (non-hydrogen) atoms. The topological polar surface area (TPSA) is 78.5 Å². The van der Waals surface area contributed by atoms with Gasteiger partial charge in [0.15, 0.2) is 0 Å². The first kappa shape index (κ1) is 18.7. The fourth-order valence-corrected chi connectivity index (χ4v) is 4.37. The number of urea groups is 1. The molecule has 0 atom stereocenters. The maximum atomic E-state index is 12.6. The molecule has 1 fully saturated rings. The molecule has 0 spiro atoms. The van der Waals surface area contributed by atoms with Gasteiger partial charge in [0.1, 0.15) is 0 Å². The molecule has 1 aliphatic rings. The molecule has 2 N–H and O–H groups in total. The van der Waals surface area contributed by atoms with Crippen LogP contribution in [0.4, 0.5) is 4.79 Å². The van der Waals surface area contributed by atoms with E-state index in [0.717, 1.165) is 19.3 Å². The third kappa shape index (κ3) is 5.21. The van der Waals surface area contributed by atoms with Crippen molar-refractivity contribution in [2.75, 3.05) is 19.6 Å². The van der Waals surface area contributed by atoms with E-state index in [4.69, 9.17) is 0 Å². The zero-order valence-corrected chi connectivity index (χ0v) is 15.2. The molecule has 0 saturated carbocycles. The molecule has 2 rings (SSSR count). The molecule has 0 bridgehead atoms. The lowest BCUT2D eigenvalue weighted by molar-refractivity contribution is 0.234. The molecule has 6 nitrogen and oxygen atoms in total. The number of benzene rings is 1. The van der Waals surface area contributed by atoms with Gasteiger partial charge in [-0.15, -0.1) is 0 Å². The normalized spacial score (nSPS) is 17.0. The largest absolute Gasteiger partial charge is 0.338 e.